The molecule has 0 saturated carbocycles. The highest BCUT2D eigenvalue weighted by Gasteiger charge is 2.22. The lowest BCUT2D eigenvalue weighted by atomic mass is 10.0. The first kappa shape index (κ1) is 28.5. The number of hydrogen-bond donors (Lipinski definition) is 0. The quantitative estimate of drug-likeness (QED) is 0.174. The molecule has 12 aromatic rings. The van der Waals surface area contributed by atoms with Crippen LogP contribution < -0.4 is 0 Å². The summed E-state index contributed by atoms with van der Waals surface area (Å²) in [5.74, 6) is 0. The molecule has 0 aliphatic heterocycles. The van der Waals surface area contributed by atoms with E-state index in [-0.39, 0.29) is 0 Å². The predicted octanol–water partition coefficient (Wildman–Crippen LogP) is 14.3. The Bertz CT molecular complexity index is 3410. The first-order valence-electron chi connectivity index (χ1n) is 17.7. The van der Waals surface area contributed by atoms with Gasteiger partial charge < -0.3 is 9.13 Å². The average molecular weight is 697 g/mol. The Morgan fingerprint density at radius 1 is 0.346 bits per heavy atom. The molecule has 4 heteroatoms. The summed E-state index contributed by atoms with van der Waals surface area (Å²) in [6.07, 6.45) is 0. The molecule has 0 spiro atoms. The largest absolute Gasteiger partial charge is 0.309 e. The summed E-state index contributed by atoms with van der Waals surface area (Å²) >= 11 is 3.77. The number of aromatic nitrogens is 2. The molecule has 0 atom stereocenters. The zero-order valence-corrected chi connectivity index (χ0v) is 29.5. The van der Waals surface area contributed by atoms with Crippen LogP contribution in [0.25, 0.3) is 106 Å². The third kappa shape index (κ3) is 3.88. The van der Waals surface area contributed by atoms with Crippen LogP contribution in [0.5, 0.6) is 0 Å². The van der Waals surface area contributed by atoms with Gasteiger partial charge in [0.05, 0.1) is 32.5 Å². The molecule has 0 fully saturated rings. The second-order valence-electron chi connectivity index (χ2n) is 13.7. The molecule has 4 heterocycles. The van der Waals surface area contributed by atoms with Gasteiger partial charge in [0.1, 0.15) is 0 Å². The van der Waals surface area contributed by atoms with Gasteiger partial charge in [0.2, 0.25) is 0 Å². The highest BCUT2D eigenvalue weighted by atomic mass is 32.1. The summed E-state index contributed by atoms with van der Waals surface area (Å²) < 4.78 is 10.3. The SMILES string of the molecule is c1ccc(-n2c3ccccc3c3c2ccc2c4ccccc4n(-c4cccc5c4sc4ccc(-c6ccc7sc8ccccc8c7c6)cc45)c23)cc1. The molecular weight excluding hydrogens is 669 g/mol. The van der Waals surface area contributed by atoms with Gasteiger partial charge in [-0.15, -0.1) is 22.7 Å². The van der Waals surface area contributed by atoms with Crippen molar-refractivity contribution in [2.45, 2.75) is 0 Å². The lowest BCUT2D eigenvalue weighted by molar-refractivity contribution is 1.18. The van der Waals surface area contributed by atoms with E-state index in [1.165, 1.54) is 106 Å². The monoisotopic (exact) mass is 696 g/mol. The van der Waals surface area contributed by atoms with Crippen molar-refractivity contribution in [1.29, 1.82) is 0 Å². The summed E-state index contributed by atoms with van der Waals surface area (Å²) in [5, 5.41) is 10.4. The first-order chi connectivity index (χ1) is 25.8. The fourth-order valence-electron chi connectivity index (χ4n) is 8.66. The maximum Gasteiger partial charge on any atom is 0.0641 e. The topological polar surface area (TPSA) is 9.86 Å². The molecule has 4 aromatic heterocycles. The molecule has 0 amide bonds. The van der Waals surface area contributed by atoms with E-state index in [0.29, 0.717) is 0 Å². The van der Waals surface area contributed by atoms with Crippen molar-refractivity contribution in [3.05, 3.63) is 170 Å². The number of para-hydroxylation sites is 3. The van der Waals surface area contributed by atoms with Gasteiger partial charge in [-0.25, -0.2) is 0 Å². The molecule has 0 aliphatic carbocycles. The molecule has 0 aliphatic rings. The molecule has 0 radical (unpaired) electrons. The van der Waals surface area contributed by atoms with Crippen LogP contribution in [0, 0.1) is 0 Å². The van der Waals surface area contributed by atoms with Crippen LogP contribution in [-0.4, -0.2) is 9.13 Å². The van der Waals surface area contributed by atoms with Crippen molar-refractivity contribution in [3.8, 4) is 22.5 Å². The second-order valence-corrected chi connectivity index (χ2v) is 15.8. The highest BCUT2D eigenvalue weighted by molar-refractivity contribution is 7.26. The maximum atomic E-state index is 2.54. The van der Waals surface area contributed by atoms with E-state index >= 15 is 0 Å². The molecule has 0 bridgehead atoms. The number of thiophene rings is 2. The number of rotatable bonds is 3. The van der Waals surface area contributed by atoms with Gasteiger partial charge in [0.15, 0.2) is 0 Å². The second kappa shape index (κ2) is 10.7. The molecule has 0 N–H and O–H groups in total. The number of hydrogen-bond acceptors (Lipinski definition) is 2. The molecule has 242 valence electrons. The van der Waals surface area contributed by atoms with Gasteiger partial charge in [0, 0.05) is 62.9 Å². The zero-order valence-electron chi connectivity index (χ0n) is 27.9. The molecule has 2 nitrogen and oxygen atoms in total. The maximum absolute atomic E-state index is 2.54. The molecule has 8 aromatic carbocycles. The van der Waals surface area contributed by atoms with Crippen LogP contribution in [-0.2, 0) is 0 Å². The standard InChI is InChI=1S/C48H28N2S2/c1-2-11-31(12-3-1)49-40-18-8-5-15-36(40)46-41(49)24-23-34-32-13-4-7-17-39(32)50(47(34)46)42-19-10-16-35-38-28-30(22-26-45(38)52-48(35)42)29-21-25-44-37(27-29)33-14-6-9-20-43(33)51-44/h1-28H. The Hall–Kier alpha value is -6.20. The van der Waals surface area contributed by atoms with E-state index < -0.39 is 0 Å². The Morgan fingerprint density at radius 2 is 0.962 bits per heavy atom. The molecule has 52 heavy (non-hydrogen) atoms. The lowest BCUT2D eigenvalue weighted by Crippen LogP contribution is -1.95. The van der Waals surface area contributed by atoms with Crippen LogP contribution in [0.15, 0.2) is 170 Å². The van der Waals surface area contributed by atoms with E-state index in [0.717, 1.165) is 0 Å². The normalized spacial score (nSPS) is 12.2. The van der Waals surface area contributed by atoms with Crippen LogP contribution in [0.3, 0.4) is 0 Å². The lowest BCUT2D eigenvalue weighted by Gasteiger charge is -2.11. The van der Waals surface area contributed by atoms with Crippen LogP contribution in [0.2, 0.25) is 0 Å². The van der Waals surface area contributed by atoms with Crippen molar-refractivity contribution < 1.29 is 0 Å². The third-order valence-corrected chi connectivity index (χ3v) is 13.3. The predicted molar refractivity (Wildman–Crippen MR) is 226 cm³/mol. The third-order valence-electron chi connectivity index (χ3n) is 10.9. The van der Waals surface area contributed by atoms with Crippen LogP contribution in [0.1, 0.15) is 0 Å². The zero-order chi connectivity index (χ0) is 33.9. The minimum atomic E-state index is 1.17. The number of fused-ring (bicyclic) bond motifs is 13. The Balaban J connectivity index is 1.14. The van der Waals surface area contributed by atoms with E-state index in [9.17, 15) is 0 Å². The fraction of sp³-hybridized carbons (Fsp3) is 0. The molecule has 0 unspecified atom stereocenters. The molecular formula is C48H28N2S2. The smallest absolute Gasteiger partial charge is 0.0641 e. The summed E-state index contributed by atoms with van der Waals surface area (Å²) in [6.45, 7) is 0. The van der Waals surface area contributed by atoms with Gasteiger partial charge in [-0.3, -0.25) is 0 Å². The van der Waals surface area contributed by atoms with Gasteiger partial charge >= 0.3 is 0 Å². The number of benzene rings is 8. The Labute approximate surface area is 306 Å². The van der Waals surface area contributed by atoms with Crippen molar-refractivity contribution in [2.75, 3.05) is 0 Å². The van der Waals surface area contributed by atoms with E-state index in [1.807, 2.05) is 22.7 Å². The van der Waals surface area contributed by atoms with Gasteiger partial charge in [-0.1, -0.05) is 103 Å². The van der Waals surface area contributed by atoms with Crippen molar-refractivity contribution in [3.63, 3.8) is 0 Å². The first-order valence-corrected chi connectivity index (χ1v) is 19.3. The van der Waals surface area contributed by atoms with Gasteiger partial charge in [-0.2, -0.15) is 0 Å². The Kier molecular flexibility index (Phi) is 5.84. The summed E-state index contributed by atoms with van der Waals surface area (Å²) in [6, 6.07) is 62.8. The van der Waals surface area contributed by atoms with Crippen LogP contribution >= 0.6 is 22.7 Å². The van der Waals surface area contributed by atoms with E-state index in [4.69, 9.17) is 0 Å². The van der Waals surface area contributed by atoms with Crippen molar-refractivity contribution >= 4 is 107 Å². The average Bonchev–Trinajstić information content (AvgIpc) is 3.95. The summed E-state index contributed by atoms with van der Waals surface area (Å²) in [4.78, 5) is 0. The molecule has 0 saturated heterocycles. The minimum absolute atomic E-state index is 1.17. The Morgan fingerprint density at radius 3 is 1.77 bits per heavy atom. The van der Waals surface area contributed by atoms with Gasteiger partial charge in [0.25, 0.3) is 0 Å². The number of nitrogens with zero attached hydrogens (tertiary/aromatic N) is 2. The van der Waals surface area contributed by atoms with Crippen molar-refractivity contribution in [1.82, 2.24) is 9.13 Å². The summed E-state index contributed by atoms with van der Waals surface area (Å²) in [7, 11) is 0. The van der Waals surface area contributed by atoms with Crippen LogP contribution in [0.4, 0.5) is 0 Å². The van der Waals surface area contributed by atoms with E-state index in [1.54, 1.807) is 0 Å². The van der Waals surface area contributed by atoms with E-state index in [2.05, 4.69) is 179 Å². The van der Waals surface area contributed by atoms with Crippen molar-refractivity contribution in [2.24, 2.45) is 0 Å². The summed E-state index contributed by atoms with van der Waals surface area (Å²) in [5.41, 5.74) is 9.82. The molecule has 12 rings (SSSR count). The van der Waals surface area contributed by atoms with Gasteiger partial charge in [-0.05, 0) is 77.9 Å². The fourth-order valence-corrected chi connectivity index (χ4v) is 10.9. The minimum Gasteiger partial charge on any atom is -0.309 e. The highest BCUT2D eigenvalue weighted by Crippen LogP contribution is 2.46.